The Morgan fingerprint density at radius 2 is 1.94 bits per heavy atom. The molecule has 1 saturated carbocycles. The number of nitrogen functional groups attached to an aromatic ring is 1. The van der Waals surface area contributed by atoms with Gasteiger partial charge in [0.2, 0.25) is 5.95 Å². The summed E-state index contributed by atoms with van der Waals surface area (Å²) in [5.41, 5.74) is 10.9. The minimum Gasteiger partial charge on any atom is -0.506 e. The van der Waals surface area contributed by atoms with Crippen LogP contribution in [0.3, 0.4) is 0 Å². The van der Waals surface area contributed by atoms with Crippen LogP contribution >= 0.6 is 0 Å². The van der Waals surface area contributed by atoms with Gasteiger partial charge in [-0.15, -0.1) is 0 Å². The van der Waals surface area contributed by atoms with Crippen molar-refractivity contribution in [1.29, 1.82) is 0 Å². The van der Waals surface area contributed by atoms with E-state index in [0.29, 0.717) is 41.5 Å². The molecule has 2 fully saturated rings. The maximum Gasteiger partial charge on any atom is 0.229 e. The number of hydrogen-bond acceptors (Lipinski definition) is 8. The van der Waals surface area contributed by atoms with Crippen molar-refractivity contribution in [1.82, 2.24) is 19.8 Å². The topological polar surface area (TPSA) is 103 Å². The first kappa shape index (κ1) is 24.4. The Hall–Kier alpha value is -3.33. The fourth-order valence-corrected chi connectivity index (χ4v) is 5.38. The first-order valence-corrected chi connectivity index (χ1v) is 12.9. The molecular formula is C27H36FN7O. The first-order chi connectivity index (χ1) is 17.5. The van der Waals surface area contributed by atoms with Crippen LogP contribution in [0.1, 0.15) is 32.6 Å². The van der Waals surface area contributed by atoms with Crippen molar-refractivity contribution in [3.63, 3.8) is 0 Å². The molecule has 9 heteroatoms. The Kier molecular flexibility index (Phi) is 7.27. The van der Waals surface area contributed by atoms with E-state index >= 15 is 0 Å². The fraction of sp³-hybridized carbons (Fsp3) is 0.481. The molecule has 2 aliphatic carbocycles. The summed E-state index contributed by atoms with van der Waals surface area (Å²) in [4.78, 5) is 13.6. The first-order valence-electron chi connectivity index (χ1n) is 12.9. The number of aromatic nitrogens is 2. The molecule has 2 atom stereocenters. The third-order valence-corrected chi connectivity index (χ3v) is 7.70. The molecule has 1 aromatic heterocycles. The van der Waals surface area contributed by atoms with Crippen LogP contribution in [0, 0.1) is 11.8 Å². The molecule has 1 saturated heterocycles. The number of nitrogens with two attached hydrogens (primary N) is 1. The van der Waals surface area contributed by atoms with Crippen LogP contribution in [0.4, 0.5) is 27.5 Å². The van der Waals surface area contributed by atoms with E-state index < -0.39 is 0 Å². The van der Waals surface area contributed by atoms with Gasteiger partial charge in [0.05, 0.1) is 5.69 Å². The Morgan fingerprint density at radius 1 is 1.11 bits per heavy atom. The number of nitrogens with zero attached hydrogens (tertiary/aromatic N) is 4. The number of rotatable bonds is 8. The molecule has 2 aromatic rings. The van der Waals surface area contributed by atoms with Crippen molar-refractivity contribution < 1.29 is 9.50 Å². The van der Waals surface area contributed by atoms with Crippen molar-refractivity contribution in [2.75, 3.05) is 55.8 Å². The van der Waals surface area contributed by atoms with Gasteiger partial charge in [-0.05, 0) is 73.4 Å². The zero-order valence-electron chi connectivity index (χ0n) is 20.9. The fourth-order valence-electron chi connectivity index (χ4n) is 5.38. The molecule has 1 aliphatic heterocycles. The van der Waals surface area contributed by atoms with E-state index in [9.17, 15) is 9.50 Å². The molecule has 5 N–H and O–H groups in total. The van der Waals surface area contributed by atoms with Gasteiger partial charge < -0.3 is 26.4 Å². The number of anilines is 4. The quantitative estimate of drug-likeness (QED) is 0.242. The summed E-state index contributed by atoms with van der Waals surface area (Å²) < 4.78 is 12.7. The molecule has 1 aromatic carbocycles. The Balaban J connectivity index is 1.34. The van der Waals surface area contributed by atoms with Crippen LogP contribution in [0.25, 0.3) is 0 Å². The maximum absolute atomic E-state index is 12.7. The van der Waals surface area contributed by atoms with Gasteiger partial charge in [-0.2, -0.15) is 4.98 Å². The summed E-state index contributed by atoms with van der Waals surface area (Å²) in [7, 11) is 0. The van der Waals surface area contributed by atoms with E-state index in [4.69, 9.17) is 5.73 Å². The average molecular weight is 494 g/mol. The molecule has 8 nitrogen and oxygen atoms in total. The molecule has 2 unspecified atom stereocenters. The van der Waals surface area contributed by atoms with Crippen LogP contribution in [0.5, 0.6) is 5.75 Å². The van der Waals surface area contributed by atoms with E-state index in [1.165, 1.54) is 29.8 Å². The predicted molar refractivity (Wildman–Crippen MR) is 142 cm³/mol. The predicted octanol–water partition coefficient (Wildman–Crippen LogP) is 4.48. The normalized spacial score (nSPS) is 22.7. The van der Waals surface area contributed by atoms with E-state index in [1.54, 1.807) is 24.4 Å². The third kappa shape index (κ3) is 5.41. The van der Waals surface area contributed by atoms with E-state index in [-0.39, 0.29) is 12.4 Å². The van der Waals surface area contributed by atoms with E-state index in [1.807, 2.05) is 6.07 Å². The zero-order chi connectivity index (χ0) is 25.1. The molecule has 0 amide bonds. The number of halogens is 1. The van der Waals surface area contributed by atoms with E-state index in [0.717, 1.165) is 39.0 Å². The van der Waals surface area contributed by atoms with Crippen molar-refractivity contribution in [2.24, 2.45) is 11.8 Å². The summed E-state index contributed by atoms with van der Waals surface area (Å²) >= 11 is 0. The highest BCUT2D eigenvalue weighted by atomic mass is 19.1. The molecule has 0 radical (unpaired) electrons. The summed E-state index contributed by atoms with van der Waals surface area (Å²) in [6, 6.07) is 6.71. The second kappa shape index (κ2) is 10.7. The number of aromatic hydroxyl groups is 1. The molecule has 0 spiro atoms. The maximum atomic E-state index is 12.7. The minimum atomic E-state index is -0.273. The van der Waals surface area contributed by atoms with E-state index in [2.05, 4.69) is 43.4 Å². The zero-order valence-corrected chi connectivity index (χ0v) is 20.9. The van der Waals surface area contributed by atoms with Crippen LogP contribution in [0.15, 0.2) is 53.5 Å². The standard InChI is InChI=1S/C27H36FN7O/c1-18-2-5-21(18)22-17-20(35-14-12-34(11-9-28)13-15-35)4-6-23(22)31-26-8-10-30-27(33-26)32-24-16-19(29)3-7-25(24)36/h3,7-8,10,16-18,21,36H,2,4-6,9,11-15,29H2,1H3,(H2,30,31,32,33). The number of phenolic OH excluding ortho intramolecular Hbond substituents is 1. The molecule has 3 aliphatic rings. The number of nitrogens with one attached hydrogen (secondary N) is 2. The number of benzene rings is 1. The number of allylic oxidation sites excluding steroid dienone is 4. The van der Waals surface area contributed by atoms with Gasteiger partial charge in [-0.3, -0.25) is 4.90 Å². The number of piperazine rings is 1. The molecule has 0 bridgehead atoms. The van der Waals surface area contributed by atoms with Crippen molar-refractivity contribution in [3.05, 3.63) is 53.5 Å². The van der Waals surface area contributed by atoms with Gasteiger partial charge in [-0.1, -0.05) is 6.92 Å². The lowest BCUT2D eigenvalue weighted by molar-refractivity contribution is 0.146. The lowest BCUT2D eigenvalue weighted by Crippen LogP contribution is -2.46. The van der Waals surface area contributed by atoms with Crippen LogP contribution < -0.4 is 16.4 Å². The Labute approximate surface area is 212 Å². The summed E-state index contributed by atoms with van der Waals surface area (Å²) in [5, 5.41) is 16.8. The van der Waals surface area contributed by atoms with Crippen LogP contribution in [-0.2, 0) is 0 Å². The van der Waals surface area contributed by atoms with Gasteiger partial charge in [0.15, 0.2) is 0 Å². The summed E-state index contributed by atoms with van der Waals surface area (Å²) in [6.45, 7) is 6.36. The van der Waals surface area contributed by atoms with Gasteiger partial charge in [0.25, 0.3) is 0 Å². The summed E-state index contributed by atoms with van der Waals surface area (Å²) in [6.07, 6.45) is 8.48. The van der Waals surface area contributed by atoms with Crippen LogP contribution in [0.2, 0.25) is 0 Å². The smallest absolute Gasteiger partial charge is 0.229 e. The molecular weight excluding hydrogens is 457 g/mol. The van der Waals surface area contributed by atoms with Gasteiger partial charge in [-0.25, -0.2) is 9.37 Å². The van der Waals surface area contributed by atoms with Gasteiger partial charge in [0.1, 0.15) is 18.2 Å². The molecule has 2 heterocycles. The highest BCUT2D eigenvalue weighted by Gasteiger charge is 2.33. The van der Waals surface area contributed by atoms with Gasteiger partial charge >= 0.3 is 0 Å². The third-order valence-electron chi connectivity index (χ3n) is 7.70. The Morgan fingerprint density at radius 3 is 2.67 bits per heavy atom. The second-order valence-corrected chi connectivity index (χ2v) is 10.0. The Bertz CT molecular complexity index is 1140. The van der Waals surface area contributed by atoms with Gasteiger partial charge in [0, 0.05) is 56.0 Å². The average Bonchev–Trinajstić information content (AvgIpc) is 2.87. The molecule has 5 rings (SSSR count). The highest BCUT2D eigenvalue weighted by molar-refractivity contribution is 5.67. The highest BCUT2D eigenvalue weighted by Crippen LogP contribution is 2.44. The SMILES string of the molecule is CC1CCC1C1=C(Nc2ccnc(Nc3cc(N)ccc3O)n2)CCC(N2CCN(CCF)CC2)=C1. The second-order valence-electron chi connectivity index (χ2n) is 10.0. The van der Waals surface area contributed by atoms with Crippen molar-refractivity contribution in [3.8, 4) is 5.75 Å². The number of phenols is 1. The monoisotopic (exact) mass is 493 g/mol. The summed E-state index contributed by atoms with van der Waals surface area (Å²) in [5.74, 6) is 2.41. The molecule has 192 valence electrons. The van der Waals surface area contributed by atoms with Crippen molar-refractivity contribution >= 4 is 23.1 Å². The van der Waals surface area contributed by atoms with Crippen LogP contribution in [-0.4, -0.2) is 64.3 Å². The lowest BCUT2D eigenvalue weighted by atomic mass is 9.69. The lowest BCUT2D eigenvalue weighted by Gasteiger charge is -2.41. The number of alkyl halides is 1. The van der Waals surface area contributed by atoms with Crippen molar-refractivity contribution in [2.45, 2.75) is 32.6 Å². The largest absolute Gasteiger partial charge is 0.506 e. The molecule has 36 heavy (non-hydrogen) atoms. The number of hydrogen-bond donors (Lipinski definition) is 4. The minimum absolute atomic E-state index is 0.0885.